The first-order chi connectivity index (χ1) is 9.01. The first-order valence-corrected chi connectivity index (χ1v) is 6.55. The van der Waals surface area contributed by atoms with E-state index in [1.54, 1.807) is 19.1 Å². The van der Waals surface area contributed by atoms with Crippen LogP contribution in [-0.4, -0.2) is 23.0 Å². The molecule has 2 aromatic rings. The highest BCUT2D eigenvalue weighted by atomic mass is 32.1. The topological polar surface area (TPSA) is 66.4 Å². The lowest BCUT2D eigenvalue weighted by molar-refractivity contribution is -0.139. The molecule has 0 saturated heterocycles. The first kappa shape index (κ1) is 13.5. The Hall–Kier alpha value is -1.95. The Labute approximate surface area is 112 Å². The Kier molecular flexibility index (Phi) is 3.80. The van der Waals surface area contributed by atoms with Crippen LogP contribution >= 0.6 is 11.3 Å². The van der Waals surface area contributed by atoms with Crippen LogP contribution in [0.3, 0.4) is 0 Å². The standard InChI is InChI=1S/C13H12FNO3S/c1-2-9(13(17)18)15-12(16)11-5-7-3-4-8(14)6-10(7)19-11/h3-6,9H,2H2,1H3,(H,15,16)(H,17,18)/t9-/m0/s1. The maximum Gasteiger partial charge on any atom is 0.326 e. The summed E-state index contributed by atoms with van der Waals surface area (Å²) in [5, 5.41) is 12.1. The largest absolute Gasteiger partial charge is 0.480 e. The molecule has 0 aliphatic rings. The van der Waals surface area contributed by atoms with Gasteiger partial charge >= 0.3 is 5.97 Å². The second kappa shape index (κ2) is 5.36. The number of amides is 1. The van der Waals surface area contributed by atoms with Crippen molar-refractivity contribution in [3.63, 3.8) is 0 Å². The van der Waals surface area contributed by atoms with E-state index in [2.05, 4.69) is 5.32 Å². The molecule has 0 spiro atoms. The van der Waals surface area contributed by atoms with Gasteiger partial charge in [-0.3, -0.25) is 4.79 Å². The Morgan fingerprint density at radius 3 is 2.79 bits per heavy atom. The lowest BCUT2D eigenvalue weighted by Crippen LogP contribution is -2.39. The summed E-state index contributed by atoms with van der Waals surface area (Å²) in [4.78, 5) is 23.1. The Morgan fingerprint density at radius 2 is 2.16 bits per heavy atom. The summed E-state index contributed by atoms with van der Waals surface area (Å²) in [5.74, 6) is -1.88. The highest BCUT2D eigenvalue weighted by Crippen LogP contribution is 2.26. The molecule has 0 aliphatic heterocycles. The third-order valence-corrected chi connectivity index (χ3v) is 3.81. The molecule has 6 heteroatoms. The number of fused-ring (bicyclic) bond motifs is 1. The number of hydrogen-bond acceptors (Lipinski definition) is 3. The minimum atomic E-state index is -1.07. The lowest BCUT2D eigenvalue weighted by Gasteiger charge is -2.10. The van der Waals surface area contributed by atoms with Gasteiger partial charge < -0.3 is 10.4 Å². The van der Waals surface area contributed by atoms with Crippen LogP contribution in [0.5, 0.6) is 0 Å². The molecule has 1 heterocycles. The van der Waals surface area contributed by atoms with E-state index in [1.807, 2.05) is 0 Å². The number of thiophene rings is 1. The molecule has 1 amide bonds. The zero-order valence-corrected chi connectivity index (χ0v) is 11.0. The molecular weight excluding hydrogens is 269 g/mol. The third-order valence-electron chi connectivity index (χ3n) is 2.72. The van der Waals surface area contributed by atoms with Gasteiger partial charge in [-0.2, -0.15) is 0 Å². The normalized spacial score (nSPS) is 12.3. The maximum atomic E-state index is 13.0. The van der Waals surface area contributed by atoms with Crippen molar-refractivity contribution in [2.75, 3.05) is 0 Å². The van der Waals surface area contributed by atoms with E-state index in [0.29, 0.717) is 16.0 Å². The van der Waals surface area contributed by atoms with E-state index >= 15 is 0 Å². The molecule has 0 fully saturated rings. The van der Waals surface area contributed by atoms with Crippen molar-refractivity contribution < 1.29 is 19.1 Å². The van der Waals surface area contributed by atoms with Crippen LogP contribution < -0.4 is 5.32 Å². The van der Waals surface area contributed by atoms with Gasteiger partial charge in [-0.15, -0.1) is 11.3 Å². The Balaban J connectivity index is 2.24. The van der Waals surface area contributed by atoms with Crippen LogP contribution in [0.1, 0.15) is 23.0 Å². The predicted molar refractivity (Wildman–Crippen MR) is 71.0 cm³/mol. The number of nitrogens with one attached hydrogen (secondary N) is 1. The van der Waals surface area contributed by atoms with Gasteiger partial charge in [-0.05, 0) is 30.0 Å². The van der Waals surface area contributed by atoms with Gasteiger partial charge in [0.25, 0.3) is 5.91 Å². The Morgan fingerprint density at radius 1 is 1.42 bits per heavy atom. The van der Waals surface area contributed by atoms with Crippen LogP contribution in [0.15, 0.2) is 24.3 Å². The van der Waals surface area contributed by atoms with Gasteiger partial charge in [0.05, 0.1) is 4.88 Å². The molecule has 0 radical (unpaired) electrons. The minimum Gasteiger partial charge on any atom is -0.480 e. The van der Waals surface area contributed by atoms with E-state index in [1.165, 1.54) is 12.1 Å². The molecule has 1 atom stereocenters. The van der Waals surface area contributed by atoms with E-state index in [4.69, 9.17) is 5.11 Å². The van der Waals surface area contributed by atoms with Gasteiger partial charge in [0.15, 0.2) is 0 Å². The molecule has 1 aromatic heterocycles. The summed E-state index contributed by atoms with van der Waals surface area (Å²) in [5.41, 5.74) is 0. The van der Waals surface area contributed by atoms with Crippen LogP contribution in [0.4, 0.5) is 4.39 Å². The molecule has 2 N–H and O–H groups in total. The molecule has 1 aromatic carbocycles. The summed E-state index contributed by atoms with van der Waals surface area (Å²) < 4.78 is 13.7. The zero-order valence-electron chi connectivity index (χ0n) is 10.1. The number of carboxylic acids is 1. The van der Waals surface area contributed by atoms with Gasteiger partial charge in [-0.1, -0.05) is 13.0 Å². The quantitative estimate of drug-likeness (QED) is 0.905. The Bertz CT molecular complexity index is 638. The van der Waals surface area contributed by atoms with Gasteiger partial charge in [0, 0.05) is 4.70 Å². The zero-order chi connectivity index (χ0) is 14.0. The fourth-order valence-electron chi connectivity index (χ4n) is 1.68. The second-order valence-corrected chi connectivity index (χ2v) is 5.15. The molecule has 100 valence electrons. The molecule has 0 bridgehead atoms. The van der Waals surface area contributed by atoms with Crippen LogP contribution in [-0.2, 0) is 4.79 Å². The van der Waals surface area contributed by atoms with E-state index < -0.39 is 17.9 Å². The van der Waals surface area contributed by atoms with Crippen LogP contribution in [0, 0.1) is 5.82 Å². The van der Waals surface area contributed by atoms with Crippen LogP contribution in [0.2, 0.25) is 0 Å². The monoisotopic (exact) mass is 281 g/mol. The number of carbonyl (C=O) groups is 2. The average Bonchev–Trinajstić information content (AvgIpc) is 2.78. The van der Waals surface area contributed by atoms with Crippen molar-refractivity contribution in [2.45, 2.75) is 19.4 Å². The first-order valence-electron chi connectivity index (χ1n) is 5.74. The number of rotatable bonds is 4. The highest BCUT2D eigenvalue weighted by molar-refractivity contribution is 7.20. The number of carbonyl (C=O) groups excluding carboxylic acids is 1. The van der Waals surface area contributed by atoms with Crippen molar-refractivity contribution >= 4 is 33.3 Å². The predicted octanol–water partition coefficient (Wildman–Crippen LogP) is 2.63. The molecule has 0 unspecified atom stereocenters. The van der Waals surface area contributed by atoms with Gasteiger partial charge in [0.2, 0.25) is 0 Å². The van der Waals surface area contributed by atoms with Crippen LogP contribution in [0.25, 0.3) is 10.1 Å². The van der Waals surface area contributed by atoms with Crippen molar-refractivity contribution in [1.82, 2.24) is 5.32 Å². The number of benzene rings is 1. The summed E-state index contributed by atoms with van der Waals surface area (Å²) in [6.07, 6.45) is 0.306. The molecule has 0 aliphatic carbocycles. The summed E-state index contributed by atoms with van der Waals surface area (Å²) in [6.45, 7) is 1.68. The highest BCUT2D eigenvalue weighted by Gasteiger charge is 2.19. The van der Waals surface area contributed by atoms with Crippen molar-refractivity contribution in [3.8, 4) is 0 Å². The fourth-order valence-corrected chi connectivity index (χ4v) is 2.68. The molecule has 0 saturated carbocycles. The molecule has 19 heavy (non-hydrogen) atoms. The molecule has 4 nitrogen and oxygen atoms in total. The third kappa shape index (κ3) is 2.90. The van der Waals surface area contributed by atoms with Crippen molar-refractivity contribution in [1.29, 1.82) is 0 Å². The summed E-state index contributed by atoms with van der Waals surface area (Å²) in [7, 11) is 0. The maximum absolute atomic E-state index is 13.0. The number of carboxylic acid groups (broad SMARTS) is 1. The average molecular weight is 281 g/mol. The lowest BCUT2D eigenvalue weighted by atomic mass is 10.2. The van der Waals surface area contributed by atoms with E-state index in [9.17, 15) is 14.0 Å². The van der Waals surface area contributed by atoms with Gasteiger partial charge in [-0.25, -0.2) is 9.18 Å². The fraction of sp³-hybridized carbons (Fsp3) is 0.231. The van der Waals surface area contributed by atoms with Crippen molar-refractivity contribution in [3.05, 3.63) is 35.0 Å². The molecule has 2 rings (SSSR count). The summed E-state index contributed by atoms with van der Waals surface area (Å²) >= 11 is 1.14. The van der Waals surface area contributed by atoms with Gasteiger partial charge in [0.1, 0.15) is 11.9 Å². The minimum absolute atomic E-state index is 0.306. The number of aliphatic carboxylic acids is 1. The van der Waals surface area contributed by atoms with E-state index in [0.717, 1.165) is 16.7 Å². The number of halogens is 1. The van der Waals surface area contributed by atoms with E-state index in [-0.39, 0.29) is 5.82 Å². The molecular formula is C13H12FNO3S. The number of hydrogen-bond donors (Lipinski definition) is 2. The second-order valence-electron chi connectivity index (χ2n) is 4.07. The smallest absolute Gasteiger partial charge is 0.326 e. The van der Waals surface area contributed by atoms with Crippen molar-refractivity contribution in [2.24, 2.45) is 0 Å². The SMILES string of the molecule is CC[C@H](NC(=O)c1cc2ccc(F)cc2s1)C(=O)O. The summed E-state index contributed by atoms with van der Waals surface area (Å²) in [6, 6.07) is 4.98.